The van der Waals surface area contributed by atoms with E-state index in [-0.39, 0.29) is 6.61 Å². The first-order valence-electron chi connectivity index (χ1n) is 8.13. The van der Waals surface area contributed by atoms with Crippen molar-refractivity contribution in [2.45, 2.75) is 39.3 Å². The zero-order chi connectivity index (χ0) is 18.0. The van der Waals surface area contributed by atoms with E-state index in [1.165, 1.54) is 11.3 Å². The number of hydrogen-bond acceptors (Lipinski definition) is 4. The minimum Gasteiger partial charge on any atom is -0.477 e. The van der Waals surface area contributed by atoms with Gasteiger partial charge in [-0.1, -0.05) is 31.0 Å². The van der Waals surface area contributed by atoms with Crippen LogP contribution in [0.2, 0.25) is 5.15 Å². The average Bonchev–Trinajstić information content (AvgIpc) is 3.13. The molecule has 2 aromatic heterocycles. The maximum absolute atomic E-state index is 11.1. The number of thiophene rings is 1. The molecule has 3 rings (SSSR count). The zero-order valence-electron chi connectivity index (χ0n) is 13.8. The fourth-order valence-corrected chi connectivity index (χ4v) is 3.99. The molecule has 1 aromatic carbocycles. The van der Waals surface area contributed by atoms with Crippen LogP contribution in [0.4, 0.5) is 0 Å². The predicted octanol–water partition coefficient (Wildman–Crippen LogP) is 4.33. The summed E-state index contributed by atoms with van der Waals surface area (Å²) in [4.78, 5) is 15.9. The fourth-order valence-electron chi connectivity index (χ4n) is 2.85. The first-order valence-corrected chi connectivity index (χ1v) is 9.33. The van der Waals surface area contributed by atoms with E-state index in [1.807, 2.05) is 22.8 Å². The number of benzene rings is 1. The summed E-state index contributed by atoms with van der Waals surface area (Å²) < 4.78 is 2.90. The number of aryl methyl sites for hydroxylation is 1. The third-order valence-corrected chi connectivity index (χ3v) is 5.55. The van der Waals surface area contributed by atoms with Crippen LogP contribution in [0.15, 0.2) is 24.3 Å². The van der Waals surface area contributed by atoms with Gasteiger partial charge in [0, 0.05) is 17.7 Å². The number of carboxylic acid groups (broad SMARTS) is 1. The standard InChI is InChI=1S/C18H19ClN2O3S/c1-2-3-4-16-20-17(19)13(10-22)21(16)9-11-5-6-14-12(7-11)8-15(25-14)18(23)24/h5-8,22H,2-4,9-10H2,1H3,(H,23,24). The van der Waals surface area contributed by atoms with Gasteiger partial charge in [0.25, 0.3) is 0 Å². The lowest BCUT2D eigenvalue weighted by Crippen LogP contribution is -2.09. The molecule has 5 nitrogen and oxygen atoms in total. The van der Waals surface area contributed by atoms with Gasteiger partial charge in [0.05, 0.1) is 12.3 Å². The number of aliphatic hydroxyl groups excluding tert-OH is 1. The smallest absolute Gasteiger partial charge is 0.345 e. The van der Waals surface area contributed by atoms with Crippen LogP contribution < -0.4 is 0 Å². The molecule has 0 saturated carbocycles. The Kier molecular flexibility index (Phi) is 5.42. The third-order valence-electron chi connectivity index (χ3n) is 4.14. The number of nitrogens with zero attached hydrogens (tertiary/aromatic N) is 2. The van der Waals surface area contributed by atoms with Gasteiger partial charge in [-0.3, -0.25) is 0 Å². The lowest BCUT2D eigenvalue weighted by molar-refractivity contribution is 0.0702. The lowest BCUT2D eigenvalue weighted by atomic mass is 10.1. The highest BCUT2D eigenvalue weighted by molar-refractivity contribution is 7.20. The van der Waals surface area contributed by atoms with Gasteiger partial charge in [-0.15, -0.1) is 11.3 Å². The Morgan fingerprint density at radius 1 is 1.36 bits per heavy atom. The Morgan fingerprint density at radius 3 is 2.84 bits per heavy atom. The number of aromatic nitrogens is 2. The van der Waals surface area contributed by atoms with Crippen LogP contribution in [0.1, 0.15) is 46.5 Å². The molecule has 0 aliphatic heterocycles. The summed E-state index contributed by atoms with van der Waals surface area (Å²) in [7, 11) is 0. The number of aliphatic hydroxyl groups is 1. The van der Waals surface area contributed by atoms with Crippen LogP contribution in [-0.2, 0) is 19.6 Å². The van der Waals surface area contributed by atoms with Crippen LogP contribution in [-0.4, -0.2) is 25.7 Å². The molecule has 0 aliphatic carbocycles. The molecular formula is C18H19ClN2O3S. The highest BCUT2D eigenvalue weighted by atomic mass is 35.5. The highest BCUT2D eigenvalue weighted by Crippen LogP contribution is 2.28. The number of halogens is 1. The molecule has 7 heteroatoms. The topological polar surface area (TPSA) is 75.4 Å². The first kappa shape index (κ1) is 17.9. The second-order valence-corrected chi connectivity index (χ2v) is 7.34. The first-order chi connectivity index (χ1) is 12.0. The number of imidazole rings is 1. The van der Waals surface area contributed by atoms with E-state index >= 15 is 0 Å². The maximum atomic E-state index is 11.1. The van der Waals surface area contributed by atoms with E-state index in [0.717, 1.165) is 40.7 Å². The van der Waals surface area contributed by atoms with Crippen molar-refractivity contribution in [1.82, 2.24) is 9.55 Å². The number of fused-ring (bicyclic) bond motifs is 1. The molecule has 0 atom stereocenters. The molecule has 25 heavy (non-hydrogen) atoms. The van der Waals surface area contributed by atoms with Crippen molar-refractivity contribution in [2.75, 3.05) is 0 Å². The Bertz CT molecular complexity index is 917. The van der Waals surface area contributed by atoms with Crippen molar-refractivity contribution in [3.63, 3.8) is 0 Å². The second kappa shape index (κ2) is 7.56. The summed E-state index contributed by atoms with van der Waals surface area (Å²) in [5.41, 5.74) is 1.63. The molecule has 2 N–H and O–H groups in total. The van der Waals surface area contributed by atoms with Gasteiger partial charge in [0.2, 0.25) is 0 Å². The Morgan fingerprint density at radius 2 is 2.16 bits per heavy atom. The average molecular weight is 379 g/mol. The summed E-state index contributed by atoms with van der Waals surface area (Å²) >= 11 is 7.44. The number of unbranched alkanes of at least 4 members (excludes halogenated alkanes) is 1. The molecule has 0 amide bonds. The minimum absolute atomic E-state index is 0.165. The Balaban J connectivity index is 1.95. The molecule has 0 aliphatic rings. The minimum atomic E-state index is -0.909. The number of carboxylic acids is 1. The van der Waals surface area contributed by atoms with Crippen LogP contribution in [0, 0.1) is 0 Å². The van der Waals surface area contributed by atoms with Crippen LogP contribution >= 0.6 is 22.9 Å². The largest absolute Gasteiger partial charge is 0.477 e. The van der Waals surface area contributed by atoms with E-state index in [1.54, 1.807) is 6.07 Å². The monoisotopic (exact) mass is 378 g/mol. The Labute approximate surface area is 154 Å². The summed E-state index contributed by atoms with van der Waals surface area (Å²) in [5.74, 6) is -0.0406. The lowest BCUT2D eigenvalue weighted by Gasteiger charge is -2.11. The van der Waals surface area contributed by atoms with Crippen molar-refractivity contribution in [2.24, 2.45) is 0 Å². The van der Waals surface area contributed by atoms with Crippen LogP contribution in [0.5, 0.6) is 0 Å². The van der Waals surface area contributed by atoms with Gasteiger partial charge in [-0.2, -0.15) is 0 Å². The van der Waals surface area contributed by atoms with Crippen molar-refractivity contribution in [1.29, 1.82) is 0 Å². The number of carbonyl (C=O) groups is 1. The number of hydrogen-bond donors (Lipinski definition) is 2. The predicted molar refractivity (Wildman–Crippen MR) is 99.7 cm³/mol. The number of rotatable bonds is 7. The summed E-state index contributed by atoms with van der Waals surface area (Å²) in [5, 5.41) is 20.0. The molecule has 3 aromatic rings. The highest BCUT2D eigenvalue weighted by Gasteiger charge is 2.16. The van der Waals surface area contributed by atoms with Crippen molar-refractivity contribution in [3.05, 3.63) is 51.4 Å². The zero-order valence-corrected chi connectivity index (χ0v) is 15.4. The maximum Gasteiger partial charge on any atom is 0.345 e. The molecule has 2 heterocycles. The van der Waals surface area contributed by atoms with Gasteiger partial charge in [0.1, 0.15) is 10.7 Å². The van der Waals surface area contributed by atoms with E-state index in [9.17, 15) is 9.90 Å². The Hall–Kier alpha value is -1.89. The van der Waals surface area contributed by atoms with E-state index in [4.69, 9.17) is 16.7 Å². The molecule has 0 fully saturated rings. The fraction of sp³-hybridized carbons (Fsp3) is 0.333. The van der Waals surface area contributed by atoms with Crippen molar-refractivity contribution >= 4 is 39.0 Å². The molecule has 0 spiro atoms. The van der Waals surface area contributed by atoms with Crippen LogP contribution in [0.25, 0.3) is 10.1 Å². The summed E-state index contributed by atoms with van der Waals surface area (Å²) in [6, 6.07) is 7.59. The number of aromatic carboxylic acids is 1. The van der Waals surface area contributed by atoms with Gasteiger partial charge < -0.3 is 14.8 Å². The van der Waals surface area contributed by atoms with Crippen molar-refractivity contribution in [3.8, 4) is 0 Å². The molecule has 0 unspecified atom stereocenters. The van der Waals surface area contributed by atoms with E-state index < -0.39 is 5.97 Å². The molecule has 0 radical (unpaired) electrons. The SMILES string of the molecule is CCCCc1nc(Cl)c(CO)n1Cc1ccc2sc(C(=O)O)cc2c1. The molecule has 132 valence electrons. The van der Waals surface area contributed by atoms with Gasteiger partial charge in [-0.25, -0.2) is 9.78 Å². The van der Waals surface area contributed by atoms with E-state index in [0.29, 0.717) is 22.3 Å². The van der Waals surface area contributed by atoms with E-state index in [2.05, 4.69) is 11.9 Å². The summed E-state index contributed by atoms with van der Waals surface area (Å²) in [6.45, 7) is 2.50. The molecule has 0 saturated heterocycles. The van der Waals surface area contributed by atoms with Gasteiger partial charge in [-0.05, 0) is 35.6 Å². The van der Waals surface area contributed by atoms with Gasteiger partial charge >= 0.3 is 5.97 Å². The molecule has 0 bridgehead atoms. The summed E-state index contributed by atoms with van der Waals surface area (Å²) in [6.07, 6.45) is 2.86. The van der Waals surface area contributed by atoms with Crippen molar-refractivity contribution < 1.29 is 15.0 Å². The third kappa shape index (κ3) is 3.71. The van der Waals surface area contributed by atoms with Gasteiger partial charge in [0.15, 0.2) is 5.15 Å². The molecular weight excluding hydrogens is 360 g/mol. The quantitative estimate of drug-likeness (QED) is 0.641. The normalized spacial score (nSPS) is 11.3. The van der Waals surface area contributed by atoms with Crippen LogP contribution in [0.3, 0.4) is 0 Å². The second-order valence-electron chi connectivity index (χ2n) is 5.90.